The van der Waals surface area contributed by atoms with E-state index in [0.29, 0.717) is 18.6 Å². The minimum atomic E-state index is -0.293. The molecule has 2 rings (SSSR count). The summed E-state index contributed by atoms with van der Waals surface area (Å²) in [6, 6.07) is 10.4. The molecule has 0 aliphatic heterocycles. The van der Waals surface area contributed by atoms with Gasteiger partial charge in [0.2, 0.25) is 6.41 Å². The van der Waals surface area contributed by atoms with Gasteiger partial charge in [-0.25, -0.2) is 0 Å². The number of anilines is 1. The third-order valence-corrected chi connectivity index (χ3v) is 2.35. The van der Waals surface area contributed by atoms with E-state index in [-0.39, 0.29) is 11.7 Å². The maximum absolute atomic E-state index is 11.7. The summed E-state index contributed by atoms with van der Waals surface area (Å²) in [7, 11) is 0. The second-order valence-corrected chi connectivity index (χ2v) is 3.63. The van der Waals surface area contributed by atoms with Crippen LogP contribution in [-0.4, -0.2) is 12.3 Å². The highest BCUT2D eigenvalue weighted by Gasteiger charge is 2.08. The molecule has 5 heteroatoms. The van der Waals surface area contributed by atoms with E-state index in [0.717, 1.165) is 5.56 Å². The smallest absolute Gasteiger partial charge is 0.291 e. The maximum atomic E-state index is 11.7. The summed E-state index contributed by atoms with van der Waals surface area (Å²) < 4.78 is 4.98. The predicted molar refractivity (Wildman–Crippen MR) is 66.0 cm³/mol. The summed E-state index contributed by atoms with van der Waals surface area (Å²) in [4.78, 5) is 21.8. The lowest BCUT2D eigenvalue weighted by molar-refractivity contribution is -0.109. The van der Waals surface area contributed by atoms with Crippen LogP contribution in [0.2, 0.25) is 0 Å². The number of hydrogen-bond donors (Lipinski definition) is 2. The Kier molecular flexibility index (Phi) is 3.76. The zero-order valence-corrected chi connectivity index (χ0v) is 9.55. The second-order valence-electron chi connectivity index (χ2n) is 3.63. The number of rotatable bonds is 5. The van der Waals surface area contributed by atoms with Crippen molar-refractivity contribution in [3.63, 3.8) is 0 Å². The van der Waals surface area contributed by atoms with E-state index < -0.39 is 0 Å². The zero-order chi connectivity index (χ0) is 12.8. The first kappa shape index (κ1) is 11.9. The molecule has 18 heavy (non-hydrogen) atoms. The first-order valence-electron chi connectivity index (χ1n) is 5.40. The number of nitrogens with one attached hydrogen (secondary N) is 2. The minimum Gasteiger partial charge on any atom is -0.459 e. The van der Waals surface area contributed by atoms with Gasteiger partial charge in [-0.15, -0.1) is 0 Å². The van der Waals surface area contributed by atoms with Crippen LogP contribution in [0.15, 0.2) is 47.1 Å². The van der Waals surface area contributed by atoms with Crippen molar-refractivity contribution in [2.45, 2.75) is 6.54 Å². The van der Waals surface area contributed by atoms with Gasteiger partial charge in [-0.3, -0.25) is 9.59 Å². The van der Waals surface area contributed by atoms with E-state index in [4.69, 9.17) is 4.42 Å². The van der Waals surface area contributed by atoms with Gasteiger partial charge in [-0.2, -0.15) is 0 Å². The molecule has 92 valence electrons. The number of benzene rings is 1. The normalized spacial score (nSPS) is 9.78. The molecule has 0 unspecified atom stereocenters. The molecule has 0 saturated carbocycles. The van der Waals surface area contributed by atoms with Crippen LogP contribution in [0.4, 0.5) is 5.69 Å². The van der Waals surface area contributed by atoms with Gasteiger partial charge in [0.25, 0.3) is 5.91 Å². The van der Waals surface area contributed by atoms with Gasteiger partial charge in [-0.1, -0.05) is 12.1 Å². The predicted octanol–water partition coefficient (Wildman–Crippen LogP) is 1.78. The van der Waals surface area contributed by atoms with E-state index in [1.54, 1.807) is 24.3 Å². The Balaban J connectivity index is 1.98. The molecule has 1 heterocycles. The molecule has 0 fully saturated rings. The zero-order valence-electron chi connectivity index (χ0n) is 9.55. The fourth-order valence-corrected chi connectivity index (χ4v) is 1.47. The molecule has 0 saturated heterocycles. The maximum Gasteiger partial charge on any atom is 0.291 e. The van der Waals surface area contributed by atoms with E-state index in [2.05, 4.69) is 10.6 Å². The molecule has 0 bridgehead atoms. The summed E-state index contributed by atoms with van der Waals surface area (Å²) in [6.45, 7) is 0.468. The second kappa shape index (κ2) is 5.67. The quantitative estimate of drug-likeness (QED) is 0.787. The topological polar surface area (TPSA) is 71.3 Å². The lowest BCUT2D eigenvalue weighted by Gasteiger charge is -2.04. The largest absolute Gasteiger partial charge is 0.459 e. The van der Waals surface area contributed by atoms with E-state index in [1.165, 1.54) is 6.26 Å². The Hall–Kier alpha value is -2.56. The van der Waals surface area contributed by atoms with Gasteiger partial charge in [0.15, 0.2) is 5.76 Å². The van der Waals surface area contributed by atoms with E-state index in [9.17, 15) is 9.59 Å². The van der Waals surface area contributed by atoms with E-state index >= 15 is 0 Å². The van der Waals surface area contributed by atoms with Gasteiger partial charge in [0, 0.05) is 12.2 Å². The van der Waals surface area contributed by atoms with Crippen LogP contribution in [0.25, 0.3) is 0 Å². The number of furan rings is 1. The fraction of sp³-hybridized carbons (Fsp3) is 0.0769. The SMILES string of the molecule is O=CNCc1ccc(NC(=O)c2ccco2)cc1. The van der Waals surface area contributed by atoms with Crippen molar-refractivity contribution >= 4 is 18.0 Å². The fourth-order valence-electron chi connectivity index (χ4n) is 1.47. The Morgan fingerprint density at radius 2 is 2.00 bits per heavy atom. The number of carbonyl (C=O) groups is 2. The lowest BCUT2D eigenvalue weighted by Crippen LogP contribution is -2.12. The Bertz CT molecular complexity index is 518. The first-order valence-corrected chi connectivity index (χ1v) is 5.40. The highest BCUT2D eigenvalue weighted by Crippen LogP contribution is 2.11. The Morgan fingerprint density at radius 3 is 2.61 bits per heavy atom. The van der Waals surface area contributed by atoms with Crippen molar-refractivity contribution < 1.29 is 14.0 Å². The van der Waals surface area contributed by atoms with Crippen LogP contribution in [0, 0.1) is 0 Å². The lowest BCUT2D eigenvalue weighted by atomic mass is 10.2. The van der Waals surface area contributed by atoms with Crippen molar-refractivity contribution in [1.82, 2.24) is 5.32 Å². The van der Waals surface area contributed by atoms with Crippen molar-refractivity contribution in [2.75, 3.05) is 5.32 Å². The monoisotopic (exact) mass is 244 g/mol. The Morgan fingerprint density at radius 1 is 1.22 bits per heavy atom. The van der Waals surface area contributed by atoms with Crippen LogP contribution in [0.1, 0.15) is 16.1 Å². The molecule has 2 aromatic rings. The van der Waals surface area contributed by atoms with Crippen LogP contribution in [-0.2, 0) is 11.3 Å². The van der Waals surface area contributed by atoms with Crippen molar-refractivity contribution in [2.24, 2.45) is 0 Å². The molecule has 1 aromatic carbocycles. The molecule has 0 aliphatic carbocycles. The van der Waals surface area contributed by atoms with Crippen LogP contribution in [0.5, 0.6) is 0 Å². The van der Waals surface area contributed by atoms with Crippen molar-refractivity contribution in [3.8, 4) is 0 Å². The number of amides is 2. The van der Waals surface area contributed by atoms with Gasteiger partial charge in [0.1, 0.15) is 0 Å². The van der Waals surface area contributed by atoms with Gasteiger partial charge in [0.05, 0.1) is 6.26 Å². The third-order valence-electron chi connectivity index (χ3n) is 2.35. The average Bonchev–Trinajstić information content (AvgIpc) is 2.92. The van der Waals surface area contributed by atoms with Crippen molar-refractivity contribution in [3.05, 3.63) is 54.0 Å². The highest BCUT2D eigenvalue weighted by molar-refractivity contribution is 6.02. The molecule has 2 amide bonds. The summed E-state index contributed by atoms with van der Waals surface area (Å²) in [5.74, 6) is -0.0273. The molecule has 0 aliphatic rings. The first-order chi connectivity index (χ1) is 8.79. The number of hydrogen-bond acceptors (Lipinski definition) is 3. The average molecular weight is 244 g/mol. The van der Waals surface area contributed by atoms with E-state index in [1.807, 2.05) is 12.1 Å². The van der Waals surface area contributed by atoms with Gasteiger partial charge >= 0.3 is 0 Å². The molecule has 5 nitrogen and oxygen atoms in total. The molecule has 2 N–H and O–H groups in total. The number of carbonyl (C=O) groups excluding carboxylic acids is 2. The minimum absolute atomic E-state index is 0.265. The highest BCUT2D eigenvalue weighted by atomic mass is 16.3. The van der Waals surface area contributed by atoms with Crippen LogP contribution < -0.4 is 10.6 Å². The van der Waals surface area contributed by atoms with Crippen LogP contribution >= 0.6 is 0 Å². The molecule has 0 spiro atoms. The summed E-state index contributed by atoms with van der Waals surface area (Å²) in [6.07, 6.45) is 2.09. The van der Waals surface area contributed by atoms with Crippen LogP contribution in [0.3, 0.4) is 0 Å². The molecular weight excluding hydrogens is 232 g/mol. The molecular formula is C13H12N2O3. The third kappa shape index (κ3) is 2.98. The summed E-state index contributed by atoms with van der Waals surface area (Å²) in [5, 5.41) is 5.27. The van der Waals surface area contributed by atoms with Gasteiger partial charge < -0.3 is 15.1 Å². The summed E-state index contributed by atoms with van der Waals surface area (Å²) in [5.41, 5.74) is 1.63. The van der Waals surface area contributed by atoms with Gasteiger partial charge in [-0.05, 0) is 29.8 Å². The summed E-state index contributed by atoms with van der Waals surface area (Å²) >= 11 is 0. The standard InChI is InChI=1S/C13H12N2O3/c16-9-14-8-10-3-5-11(6-4-10)15-13(17)12-2-1-7-18-12/h1-7,9H,8H2,(H,14,16)(H,15,17). The van der Waals surface area contributed by atoms with Crippen molar-refractivity contribution in [1.29, 1.82) is 0 Å². The molecule has 1 aromatic heterocycles. The Labute approximate surface area is 104 Å². The molecule has 0 atom stereocenters. The molecule has 0 radical (unpaired) electrons.